The molecule has 0 aliphatic rings. The van der Waals surface area contributed by atoms with E-state index in [-0.39, 0.29) is 0 Å². The van der Waals surface area contributed by atoms with Crippen molar-refractivity contribution in [3.8, 4) is 0 Å². The van der Waals surface area contributed by atoms with Crippen LogP contribution in [-0.2, 0) is 22.4 Å². The zero-order chi connectivity index (χ0) is 20.1. The van der Waals surface area contributed by atoms with Crippen molar-refractivity contribution in [2.75, 3.05) is 0 Å². The average Bonchev–Trinajstić information content (AvgIpc) is 2.81. The van der Waals surface area contributed by atoms with Crippen LogP contribution < -0.4 is 0 Å². The molecule has 0 aliphatic carbocycles. The van der Waals surface area contributed by atoms with Crippen molar-refractivity contribution >= 4 is 22.4 Å². The van der Waals surface area contributed by atoms with Crippen molar-refractivity contribution in [1.29, 1.82) is 0 Å². The lowest BCUT2D eigenvalue weighted by Crippen LogP contribution is -2.18. The van der Waals surface area contributed by atoms with Gasteiger partial charge in [-0.3, -0.25) is 0 Å². The van der Waals surface area contributed by atoms with Gasteiger partial charge in [0.1, 0.15) is 0 Å². The zero-order valence-corrected chi connectivity index (χ0v) is 17.2. The molecule has 1 radical (unpaired) electrons. The number of hydrogen-bond donors (Lipinski definition) is 0. The lowest BCUT2D eigenvalue weighted by molar-refractivity contribution is 0.585. The van der Waals surface area contributed by atoms with Gasteiger partial charge in [-0.25, -0.2) is 0 Å². The van der Waals surface area contributed by atoms with Crippen molar-refractivity contribution in [2.24, 2.45) is 0 Å². The Labute approximate surface area is 177 Å². The second-order valence-corrected chi connectivity index (χ2v) is 9.39. The normalized spacial score (nSPS) is 14.1. The SMILES string of the molecule is [O-][S+](c1ccccc1)c1[c]cccc1C(c1ccccc1)[S+]([O-])c1ccccc1. The molecule has 4 aromatic carbocycles. The third-order valence-electron chi connectivity index (χ3n) is 4.57. The fourth-order valence-electron chi connectivity index (χ4n) is 3.20. The van der Waals surface area contributed by atoms with Crippen molar-refractivity contribution in [3.05, 3.63) is 126 Å². The Balaban J connectivity index is 1.84. The molecule has 0 heterocycles. The number of rotatable bonds is 6. The molecule has 0 bridgehead atoms. The molecular weight excluding hydrogens is 396 g/mol. The molecule has 0 aromatic heterocycles. The van der Waals surface area contributed by atoms with Crippen molar-refractivity contribution in [3.63, 3.8) is 0 Å². The Kier molecular flexibility index (Phi) is 6.37. The molecule has 29 heavy (non-hydrogen) atoms. The van der Waals surface area contributed by atoms with E-state index in [9.17, 15) is 9.11 Å². The van der Waals surface area contributed by atoms with Crippen LogP contribution in [-0.4, -0.2) is 9.11 Å². The summed E-state index contributed by atoms with van der Waals surface area (Å²) in [4.78, 5) is 2.01. The van der Waals surface area contributed by atoms with E-state index >= 15 is 0 Å². The first-order valence-corrected chi connectivity index (χ1v) is 11.6. The first-order valence-electron chi connectivity index (χ1n) is 9.23. The summed E-state index contributed by atoms with van der Waals surface area (Å²) in [7, 11) is 0. The molecule has 0 saturated carbocycles. The molecule has 3 unspecified atom stereocenters. The maximum absolute atomic E-state index is 13.7. The van der Waals surface area contributed by atoms with Crippen LogP contribution in [0.2, 0.25) is 0 Å². The molecule has 0 aliphatic heterocycles. The predicted molar refractivity (Wildman–Crippen MR) is 118 cm³/mol. The van der Waals surface area contributed by atoms with Gasteiger partial charge >= 0.3 is 0 Å². The topological polar surface area (TPSA) is 46.1 Å². The van der Waals surface area contributed by atoms with Crippen molar-refractivity contribution < 1.29 is 9.11 Å². The fourth-order valence-corrected chi connectivity index (χ4v) is 6.02. The molecule has 0 spiro atoms. The quantitative estimate of drug-likeness (QED) is 0.388. The lowest BCUT2D eigenvalue weighted by Gasteiger charge is -2.24. The molecule has 0 saturated heterocycles. The summed E-state index contributed by atoms with van der Waals surface area (Å²) >= 11 is -2.78. The van der Waals surface area contributed by atoms with Crippen LogP contribution in [0.3, 0.4) is 0 Å². The monoisotopic (exact) mass is 415 g/mol. The molecule has 4 aromatic rings. The van der Waals surface area contributed by atoms with E-state index in [0.29, 0.717) is 9.79 Å². The van der Waals surface area contributed by atoms with Crippen LogP contribution in [0.25, 0.3) is 0 Å². The summed E-state index contributed by atoms with van der Waals surface area (Å²) in [5.74, 6) is 0. The molecule has 0 N–H and O–H groups in total. The van der Waals surface area contributed by atoms with Crippen LogP contribution in [0.4, 0.5) is 0 Å². The Hall–Kier alpha value is -2.50. The van der Waals surface area contributed by atoms with E-state index < -0.39 is 27.6 Å². The highest BCUT2D eigenvalue weighted by atomic mass is 32.2. The van der Waals surface area contributed by atoms with Crippen LogP contribution >= 0.6 is 0 Å². The zero-order valence-electron chi connectivity index (χ0n) is 15.6. The molecular formula is C25H19O2S2. The summed E-state index contributed by atoms with van der Waals surface area (Å²) in [6, 6.07) is 37.1. The van der Waals surface area contributed by atoms with Crippen LogP contribution in [0.5, 0.6) is 0 Å². The second-order valence-electron chi connectivity index (χ2n) is 6.44. The third-order valence-corrected chi connectivity index (χ3v) is 7.68. The lowest BCUT2D eigenvalue weighted by atomic mass is 10.0. The predicted octanol–water partition coefficient (Wildman–Crippen LogP) is 5.55. The van der Waals surface area contributed by atoms with Gasteiger partial charge in [0.2, 0.25) is 0 Å². The smallest absolute Gasteiger partial charge is 0.176 e. The molecule has 0 fully saturated rings. The van der Waals surface area contributed by atoms with Gasteiger partial charge in [0, 0.05) is 22.8 Å². The first-order chi connectivity index (χ1) is 14.3. The minimum atomic E-state index is -1.42. The Morgan fingerprint density at radius 3 is 1.79 bits per heavy atom. The van der Waals surface area contributed by atoms with E-state index in [2.05, 4.69) is 6.07 Å². The second kappa shape index (κ2) is 9.33. The molecule has 143 valence electrons. The largest absolute Gasteiger partial charge is 0.611 e. The van der Waals surface area contributed by atoms with E-state index in [1.807, 2.05) is 103 Å². The Morgan fingerprint density at radius 2 is 1.17 bits per heavy atom. The maximum atomic E-state index is 13.7. The molecule has 2 nitrogen and oxygen atoms in total. The highest BCUT2D eigenvalue weighted by molar-refractivity contribution is 7.92. The van der Waals surface area contributed by atoms with E-state index in [4.69, 9.17) is 0 Å². The molecule has 3 atom stereocenters. The van der Waals surface area contributed by atoms with E-state index in [1.165, 1.54) is 0 Å². The number of hydrogen-bond acceptors (Lipinski definition) is 2. The van der Waals surface area contributed by atoms with Gasteiger partial charge < -0.3 is 9.11 Å². The molecule has 4 rings (SSSR count). The maximum Gasteiger partial charge on any atom is 0.176 e. The van der Waals surface area contributed by atoms with E-state index in [1.54, 1.807) is 6.07 Å². The summed E-state index contributed by atoms with van der Waals surface area (Å²) in [5.41, 5.74) is 1.68. The van der Waals surface area contributed by atoms with Gasteiger partial charge in [-0.15, -0.1) is 0 Å². The fraction of sp³-hybridized carbons (Fsp3) is 0.0400. The highest BCUT2D eigenvalue weighted by Crippen LogP contribution is 2.39. The Bertz CT molecular complexity index is 1040. The van der Waals surface area contributed by atoms with E-state index in [0.717, 1.165) is 16.0 Å². The van der Waals surface area contributed by atoms with Gasteiger partial charge in [-0.2, -0.15) is 0 Å². The van der Waals surface area contributed by atoms with Crippen LogP contribution in [0.1, 0.15) is 16.4 Å². The summed E-state index contributed by atoms with van der Waals surface area (Å²) < 4.78 is 27.0. The third kappa shape index (κ3) is 4.41. The summed E-state index contributed by atoms with van der Waals surface area (Å²) in [5, 5.41) is -0.446. The standard InChI is InChI=1S/C25H19O2S2/c26-28(21-14-6-2-7-15-21)24-19-11-10-18-23(24)25(20-12-4-1-5-13-20)29(27)22-16-8-3-9-17-22/h1-18,25H. The average molecular weight is 416 g/mol. The van der Waals surface area contributed by atoms with Gasteiger partial charge in [-0.05, 0) is 47.6 Å². The van der Waals surface area contributed by atoms with Gasteiger partial charge in [-0.1, -0.05) is 72.8 Å². The minimum absolute atomic E-state index is 0.446. The first kappa shape index (κ1) is 19.8. The molecule has 4 heteroatoms. The van der Waals surface area contributed by atoms with Crippen LogP contribution in [0, 0.1) is 6.07 Å². The summed E-state index contributed by atoms with van der Waals surface area (Å²) in [6.45, 7) is 0. The Morgan fingerprint density at radius 1 is 0.621 bits per heavy atom. The van der Waals surface area contributed by atoms with Crippen molar-refractivity contribution in [2.45, 2.75) is 19.9 Å². The van der Waals surface area contributed by atoms with Gasteiger partial charge in [0.05, 0.1) is 5.56 Å². The van der Waals surface area contributed by atoms with Crippen LogP contribution in [0.15, 0.2) is 124 Å². The van der Waals surface area contributed by atoms with Crippen molar-refractivity contribution in [1.82, 2.24) is 0 Å². The molecule has 0 amide bonds. The van der Waals surface area contributed by atoms with Gasteiger partial charge in [0.25, 0.3) is 0 Å². The van der Waals surface area contributed by atoms with Gasteiger partial charge in [0.15, 0.2) is 19.9 Å². The number of benzene rings is 4. The minimum Gasteiger partial charge on any atom is -0.611 e. The highest BCUT2D eigenvalue weighted by Gasteiger charge is 2.34. The summed E-state index contributed by atoms with van der Waals surface area (Å²) in [6.07, 6.45) is 0.